The van der Waals surface area contributed by atoms with Gasteiger partial charge in [-0.2, -0.15) is 0 Å². The van der Waals surface area contributed by atoms with Gasteiger partial charge in [-0.05, 0) is 68.7 Å². The van der Waals surface area contributed by atoms with Crippen molar-refractivity contribution in [2.45, 2.75) is 52.0 Å². The molecule has 0 aliphatic carbocycles. The summed E-state index contributed by atoms with van der Waals surface area (Å²) in [7, 11) is 0. The first-order valence-electron chi connectivity index (χ1n) is 10.3. The van der Waals surface area contributed by atoms with Gasteiger partial charge in [0.25, 0.3) is 0 Å². The number of nitrogens with zero attached hydrogens (tertiary/aromatic N) is 3. The fraction of sp³-hybridized carbons (Fsp3) is 0.348. The van der Waals surface area contributed by atoms with Crippen molar-refractivity contribution in [1.29, 1.82) is 0 Å². The Morgan fingerprint density at radius 1 is 1.16 bits per heavy atom. The highest BCUT2D eigenvalue weighted by molar-refractivity contribution is 7.99. The Hall–Kier alpha value is -2.22. The highest BCUT2D eigenvalue weighted by atomic mass is 35.5. The molecule has 1 amide bonds. The molecule has 1 N–H and O–H groups in total. The van der Waals surface area contributed by atoms with E-state index in [0.717, 1.165) is 27.5 Å². The summed E-state index contributed by atoms with van der Waals surface area (Å²) in [6.45, 7) is 8.97. The molecule has 0 bridgehead atoms. The smallest absolute Gasteiger partial charge is 0.230 e. The summed E-state index contributed by atoms with van der Waals surface area (Å²) < 4.78 is 8.08. The first kappa shape index (κ1) is 24.4. The predicted octanol–water partition coefficient (Wildman–Crippen LogP) is 5.77. The SMILES string of the molecule is CCn1c(SCC(=O)NCc2ccc(Cl)cc2)nnc1C(C)Oc1cc(C)c(Cl)c(C)c1. The summed E-state index contributed by atoms with van der Waals surface area (Å²) in [6.07, 6.45) is -0.310. The highest BCUT2D eigenvalue weighted by Crippen LogP contribution is 2.29. The average molecular weight is 493 g/mol. The number of aromatic nitrogens is 3. The Morgan fingerprint density at radius 3 is 2.44 bits per heavy atom. The van der Waals surface area contributed by atoms with Crippen LogP contribution >= 0.6 is 35.0 Å². The molecule has 0 spiro atoms. The lowest BCUT2D eigenvalue weighted by Gasteiger charge is -2.17. The Balaban J connectivity index is 1.60. The second kappa shape index (κ2) is 11.1. The van der Waals surface area contributed by atoms with Gasteiger partial charge in [0.2, 0.25) is 5.91 Å². The zero-order valence-electron chi connectivity index (χ0n) is 18.5. The Morgan fingerprint density at radius 2 is 1.81 bits per heavy atom. The first-order chi connectivity index (χ1) is 15.3. The summed E-state index contributed by atoms with van der Waals surface area (Å²) >= 11 is 13.5. The van der Waals surface area contributed by atoms with E-state index < -0.39 is 0 Å². The minimum absolute atomic E-state index is 0.0754. The number of hydrogen-bond acceptors (Lipinski definition) is 5. The van der Waals surface area contributed by atoms with Crippen LogP contribution in [0.25, 0.3) is 0 Å². The van der Waals surface area contributed by atoms with Crippen LogP contribution in [0.2, 0.25) is 10.0 Å². The van der Waals surface area contributed by atoms with Crippen LogP contribution in [0.5, 0.6) is 5.75 Å². The lowest BCUT2D eigenvalue weighted by Crippen LogP contribution is -2.24. The van der Waals surface area contributed by atoms with E-state index in [1.54, 1.807) is 12.1 Å². The van der Waals surface area contributed by atoms with Crippen LogP contribution in [0.3, 0.4) is 0 Å². The van der Waals surface area contributed by atoms with Gasteiger partial charge in [0, 0.05) is 23.1 Å². The summed E-state index contributed by atoms with van der Waals surface area (Å²) in [5.74, 6) is 1.62. The molecule has 1 aromatic heterocycles. The summed E-state index contributed by atoms with van der Waals surface area (Å²) in [5, 5.41) is 13.6. The number of benzene rings is 2. The second-order valence-electron chi connectivity index (χ2n) is 7.41. The van der Waals surface area contributed by atoms with Crippen molar-refractivity contribution in [2.24, 2.45) is 0 Å². The van der Waals surface area contributed by atoms with Gasteiger partial charge < -0.3 is 14.6 Å². The van der Waals surface area contributed by atoms with Gasteiger partial charge in [0.1, 0.15) is 5.75 Å². The molecule has 0 saturated carbocycles. The zero-order valence-corrected chi connectivity index (χ0v) is 20.8. The molecule has 0 aliphatic rings. The molecular weight excluding hydrogens is 467 g/mol. The van der Waals surface area contributed by atoms with Gasteiger partial charge in [0.15, 0.2) is 17.1 Å². The van der Waals surface area contributed by atoms with Gasteiger partial charge in [-0.1, -0.05) is 47.1 Å². The van der Waals surface area contributed by atoms with Crippen LogP contribution in [-0.4, -0.2) is 26.4 Å². The molecule has 1 atom stereocenters. The van der Waals surface area contributed by atoms with Gasteiger partial charge in [-0.15, -0.1) is 10.2 Å². The van der Waals surface area contributed by atoms with Gasteiger partial charge in [-0.3, -0.25) is 4.79 Å². The van der Waals surface area contributed by atoms with Crippen molar-refractivity contribution in [3.63, 3.8) is 0 Å². The maximum absolute atomic E-state index is 12.3. The highest BCUT2D eigenvalue weighted by Gasteiger charge is 2.20. The van der Waals surface area contributed by atoms with Gasteiger partial charge in [0.05, 0.1) is 5.75 Å². The Kier molecular flexibility index (Phi) is 8.45. The zero-order chi connectivity index (χ0) is 23.3. The second-order valence-corrected chi connectivity index (χ2v) is 9.16. The maximum Gasteiger partial charge on any atom is 0.230 e. The third kappa shape index (κ3) is 6.18. The monoisotopic (exact) mass is 492 g/mol. The summed E-state index contributed by atoms with van der Waals surface area (Å²) in [5.41, 5.74) is 2.92. The molecular formula is C23H26Cl2N4O2S. The normalized spacial score (nSPS) is 11.9. The number of carbonyl (C=O) groups excluding carboxylic acids is 1. The van der Waals surface area contributed by atoms with Crippen molar-refractivity contribution in [1.82, 2.24) is 20.1 Å². The van der Waals surface area contributed by atoms with E-state index in [2.05, 4.69) is 15.5 Å². The number of aryl methyl sites for hydroxylation is 2. The third-order valence-electron chi connectivity index (χ3n) is 4.88. The number of ether oxygens (including phenoxy) is 1. The number of thioether (sulfide) groups is 1. The van der Waals surface area contributed by atoms with Crippen molar-refractivity contribution < 1.29 is 9.53 Å². The third-order valence-corrected chi connectivity index (χ3v) is 6.70. The topological polar surface area (TPSA) is 69.0 Å². The molecule has 170 valence electrons. The maximum atomic E-state index is 12.3. The van der Waals surface area contributed by atoms with E-state index >= 15 is 0 Å². The fourth-order valence-electron chi connectivity index (χ4n) is 3.22. The number of amides is 1. The summed E-state index contributed by atoms with van der Waals surface area (Å²) in [4.78, 5) is 12.3. The summed E-state index contributed by atoms with van der Waals surface area (Å²) in [6, 6.07) is 11.2. The molecule has 3 aromatic rings. The Bertz CT molecular complexity index is 1060. The van der Waals surface area contributed by atoms with Crippen molar-refractivity contribution in [2.75, 3.05) is 5.75 Å². The van der Waals surface area contributed by atoms with Crippen LogP contribution in [0.1, 0.15) is 42.5 Å². The predicted molar refractivity (Wildman–Crippen MR) is 130 cm³/mol. The lowest BCUT2D eigenvalue weighted by atomic mass is 10.1. The largest absolute Gasteiger partial charge is 0.483 e. The van der Waals surface area contributed by atoms with Crippen LogP contribution in [0.15, 0.2) is 41.6 Å². The van der Waals surface area contributed by atoms with Crippen LogP contribution < -0.4 is 10.1 Å². The number of rotatable bonds is 9. The van der Waals surface area contributed by atoms with E-state index in [-0.39, 0.29) is 17.8 Å². The van der Waals surface area contributed by atoms with Crippen LogP contribution in [-0.2, 0) is 17.9 Å². The number of nitrogens with one attached hydrogen (secondary N) is 1. The lowest BCUT2D eigenvalue weighted by molar-refractivity contribution is -0.118. The van der Waals surface area contributed by atoms with Gasteiger partial charge in [-0.25, -0.2) is 0 Å². The number of hydrogen-bond donors (Lipinski definition) is 1. The molecule has 0 aliphatic heterocycles. The quantitative estimate of drug-likeness (QED) is 0.384. The van der Waals surface area contributed by atoms with Crippen LogP contribution in [0.4, 0.5) is 0 Å². The Labute approximate surface area is 202 Å². The van der Waals surface area contributed by atoms with Crippen LogP contribution in [0, 0.1) is 13.8 Å². The average Bonchev–Trinajstić information content (AvgIpc) is 3.18. The van der Waals surface area contributed by atoms with E-state index in [1.165, 1.54) is 11.8 Å². The molecule has 6 nitrogen and oxygen atoms in total. The fourth-order valence-corrected chi connectivity index (χ4v) is 4.29. The van der Waals surface area contributed by atoms with E-state index in [0.29, 0.717) is 29.1 Å². The minimum atomic E-state index is -0.310. The van der Waals surface area contributed by atoms with Gasteiger partial charge >= 0.3 is 0 Å². The molecule has 32 heavy (non-hydrogen) atoms. The number of carbonyl (C=O) groups is 1. The molecule has 0 saturated heterocycles. The molecule has 2 aromatic carbocycles. The first-order valence-corrected chi connectivity index (χ1v) is 12.0. The molecule has 3 rings (SSSR count). The number of halogens is 2. The molecule has 0 fully saturated rings. The molecule has 1 unspecified atom stereocenters. The van der Waals surface area contributed by atoms with Crippen molar-refractivity contribution in [3.05, 3.63) is 69.0 Å². The minimum Gasteiger partial charge on any atom is -0.483 e. The standard InChI is InChI=1S/C23H26Cl2N4O2S/c1-5-29-22(16(4)31-19-10-14(2)21(25)15(3)11-19)27-28-23(29)32-13-20(30)26-12-17-6-8-18(24)9-7-17/h6-11,16H,5,12-13H2,1-4H3,(H,26,30). The molecule has 0 radical (unpaired) electrons. The van der Waals surface area contributed by atoms with E-state index in [4.69, 9.17) is 27.9 Å². The van der Waals surface area contributed by atoms with Crippen molar-refractivity contribution >= 4 is 40.9 Å². The van der Waals surface area contributed by atoms with Crippen molar-refractivity contribution in [3.8, 4) is 5.75 Å². The van der Waals surface area contributed by atoms with E-state index in [9.17, 15) is 4.79 Å². The van der Waals surface area contributed by atoms with E-state index in [1.807, 2.05) is 56.5 Å². The molecule has 9 heteroatoms. The molecule has 1 heterocycles.